The van der Waals surface area contributed by atoms with E-state index in [1.807, 2.05) is 12.1 Å². The van der Waals surface area contributed by atoms with Crippen LogP contribution in [-0.2, 0) is 0 Å². The van der Waals surface area contributed by atoms with Crippen molar-refractivity contribution in [3.63, 3.8) is 0 Å². The highest BCUT2D eigenvalue weighted by Crippen LogP contribution is 2.26. The minimum atomic E-state index is -0.594. The normalized spacial score (nSPS) is 11.0. The second-order valence-corrected chi connectivity index (χ2v) is 5.31. The van der Waals surface area contributed by atoms with Crippen LogP contribution >= 0.6 is 11.8 Å². The first-order valence-electron chi connectivity index (χ1n) is 6.71. The number of methoxy groups -OCH3 is 1. The van der Waals surface area contributed by atoms with Gasteiger partial charge in [0.05, 0.1) is 13.2 Å². The Hall–Kier alpha value is -3.07. The Kier molecular flexibility index (Phi) is 4.62. The van der Waals surface area contributed by atoms with Gasteiger partial charge in [-0.1, -0.05) is 0 Å². The van der Waals surface area contributed by atoms with Gasteiger partial charge in [0.1, 0.15) is 16.4 Å². The summed E-state index contributed by atoms with van der Waals surface area (Å²) in [5.41, 5.74) is 0.779. The molecule has 0 atom stereocenters. The molecule has 24 heavy (non-hydrogen) atoms. The van der Waals surface area contributed by atoms with Crippen LogP contribution in [0.2, 0.25) is 0 Å². The van der Waals surface area contributed by atoms with Gasteiger partial charge < -0.3 is 13.6 Å². The van der Waals surface area contributed by atoms with Crippen molar-refractivity contribution in [2.24, 2.45) is 0 Å². The van der Waals surface area contributed by atoms with Crippen molar-refractivity contribution in [3.8, 4) is 17.2 Å². The lowest BCUT2D eigenvalue weighted by Crippen LogP contribution is -1.82. The molecule has 2 aromatic heterocycles. The van der Waals surface area contributed by atoms with Crippen LogP contribution in [0.4, 0.5) is 5.88 Å². The smallest absolute Gasteiger partial charge is 0.433 e. The number of thioether (sulfide) groups is 1. The molecule has 0 saturated heterocycles. The maximum absolute atomic E-state index is 10.5. The predicted molar refractivity (Wildman–Crippen MR) is 86.5 cm³/mol. The SMILES string of the molecule is COc1ccc(-c2nnc(S/C=C/c3ccc([N+](=O)[O-])o3)o2)cc1. The molecule has 0 fully saturated rings. The number of hydrogen-bond donors (Lipinski definition) is 0. The molecule has 122 valence electrons. The van der Waals surface area contributed by atoms with Crippen molar-refractivity contribution in [2.45, 2.75) is 5.22 Å². The highest BCUT2D eigenvalue weighted by Gasteiger charge is 2.11. The molecule has 3 rings (SSSR count). The van der Waals surface area contributed by atoms with E-state index in [2.05, 4.69) is 10.2 Å². The molecule has 2 heterocycles. The summed E-state index contributed by atoms with van der Waals surface area (Å²) in [5, 5.41) is 20.4. The fourth-order valence-corrected chi connectivity index (χ4v) is 2.33. The van der Waals surface area contributed by atoms with E-state index in [0.29, 0.717) is 16.9 Å². The molecule has 8 nitrogen and oxygen atoms in total. The number of furan rings is 1. The molecule has 0 spiro atoms. The van der Waals surface area contributed by atoms with E-state index in [4.69, 9.17) is 13.6 Å². The summed E-state index contributed by atoms with van der Waals surface area (Å²) in [5.74, 6) is 1.19. The Morgan fingerprint density at radius 1 is 1.17 bits per heavy atom. The van der Waals surface area contributed by atoms with Gasteiger partial charge in [0, 0.05) is 5.56 Å². The van der Waals surface area contributed by atoms with E-state index in [1.54, 1.807) is 30.7 Å². The highest BCUT2D eigenvalue weighted by molar-refractivity contribution is 8.02. The molecule has 0 saturated carbocycles. The molecule has 0 aliphatic rings. The second kappa shape index (κ2) is 7.01. The van der Waals surface area contributed by atoms with Crippen molar-refractivity contribution in [1.29, 1.82) is 0 Å². The first-order chi connectivity index (χ1) is 11.7. The van der Waals surface area contributed by atoms with E-state index < -0.39 is 4.92 Å². The Morgan fingerprint density at radius 3 is 2.62 bits per heavy atom. The molecule has 0 radical (unpaired) electrons. The molecule has 0 aliphatic carbocycles. The minimum Gasteiger partial charge on any atom is -0.497 e. The first kappa shape index (κ1) is 15.8. The van der Waals surface area contributed by atoms with Crippen molar-refractivity contribution >= 4 is 23.7 Å². The van der Waals surface area contributed by atoms with Crippen LogP contribution in [-0.4, -0.2) is 22.2 Å². The standard InChI is InChI=1S/C15H11N3O5S/c1-21-11-4-2-10(3-5-11)14-16-17-15(23-14)24-9-8-12-6-7-13(22-12)18(19)20/h2-9H,1H3/b9-8+. The molecule has 3 aromatic rings. The zero-order valence-electron chi connectivity index (χ0n) is 12.4. The summed E-state index contributed by atoms with van der Waals surface area (Å²) >= 11 is 1.18. The Bertz CT molecular complexity index is 869. The number of rotatable bonds is 6. The van der Waals surface area contributed by atoms with Crippen molar-refractivity contribution in [3.05, 3.63) is 57.7 Å². The zero-order chi connectivity index (χ0) is 16.9. The summed E-state index contributed by atoms with van der Waals surface area (Å²) in [4.78, 5) is 9.94. The van der Waals surface area contributed by atoms with Crippen LogP contribution in [0.5, 0.6) is 5.75 Å². The van der Waals surface area contributed by atoms with Gasteiger partial charge in [0.15, 0.2) is 0 Å². The number of ether oxygens (including phenoxy) is 1. The molecule has 0 amide bonds. The number of benzene rings is 1. The van der Waals surface area contributed by atoms with E-state index >= 15 is 0 Å². The van der Waals surface area contributed by atoms with Gasteiger partial charge in [-0.3, -0.25) is 10.1 Å². The van der Waals surface area contributed by atoms with Gasteiger partial charge in [-0.05, 0) is 53.6 Å². The average Bonchev–Trinajstić information content (AvgIpc) is 3.25. The van der Waals surface area contributed by atoms with Gasteiger partial charge in [-0.15, -0.1) is 10.2 Å². The van der Waals surface area contributed by atoms with E-state index in [1.165, 1.54) is 23.9 Å². The molecule has 9 heteroatoms. The van der Waals surface area contributed by atoms with E-state index in [9.17, 15) is 10.1 Å². The lowest BCUT2D eigenvalue weighted by atomic mass is 10.2. The van der Waals surface area contributed by atoms with E-state index in [0.717, 1.165) is 11.3 Å². The third kappa shape index (κ3) is 3.63. The number of nitrogens with zero attached hydrogens (tertiary/aromatic N) is 3. The van der Waals surface area contributed by atoms with Crippen LogP contribution in [0.3, 0.4) is 0 Å². The Labute approximate surface area is 140 Å². The summed E-state index contributed by atoms with van der Waals surface area (Å²) in [7, 11) is 1.59. The molecule has 1 aromatic carbocycles. The quantitative estimate of drug-likeness (QED) is 0.375. The Morgan fingerprint density at radius 2 is 1.96 bits per heavy atom. The topological polar surface area (TPSA) is 104 Å². The van der Waals surface area contributed by atoms with Crippen LogP contribution in [0, 0.1) is 10.1 Å². The average molecular weight is 345 g/mol. The number of hydrogen-bond acceptors (Lipinski definition) is 8. The molecule has 0 bridgehead atoms. The molecular formula is C15H11N3O5S. The van der Waals surface area contributed by atoms with Crippen molar-refractivity contribution in [1.82, 2.24) is 10.2 Å². The van der Waals surface area contributed by atoms with Crippen LogP contribution in [0.1, 0.15) is 5.76 Å². The number of nitro groups is 1. The second-order valence-electron chi connectivity index (χ2n) is 4.46. The van der Waals surface area contributed by atoms with Crippen molar-refractivity contribution in [2.75, 3.05) is 7.11 Å². The molecular weight excluding hydrogens is 334 g/mol. The zero-order valence-corrected chi connectivity index (χ0v) is 13.2. The van der Waals surface area contributed by atoms with Crippen LogP contribution < -0.4 is 4.74 Å². The monoisotopic (exact) mass is 345 g/mol. The highest BCUT2D eigenvalue weighted by atomic mass is 32.2. The largest absolute Gasteiger partial charge is 0.497 e. The minimum absolute atomic E-state index is 0.306. The maximum Gasteiger partial charge on any atom is 0.433 e. The summed E-state index contributed by atoms with van der Waals surface area (Å²) in [6.45, 7) is 0. The third-order valence-corrected chi connectivity index (χ3v) is 3.58. The van der Waals surface area contributed by atoms with Crippen LogP contribution in [0.15, 0.2) is 55.9 Å². The fourth-order valence-electron chi connectivity index (χ4n) is 1.80. The maximum atomic E-state index is 10.5. The van der Waals surface area contributed by atoms with Crippen LogP contribution in [0.25, 0.3) is 17.5 Å². The summed E-state index contributed by atoms with van der Waals surface area (Å²) in [6, 6.07) is 10.0. The predicted octanol–water partition coefficient (Wildman–Crippen LogP) is 4.01. The molecule has 0 aliphatic heterocycles. The van der Waals surface area contributed by atoms with Gasteiger partial charge in [-0.25, -0.2) is 0 Å². The first-order valence-corrected chi connectivity index (χ1v) is 7.59. The fraction of sp³-hybridized carbons (Fsp3) is 0.0667. The van der Waals surface area contributed by atoms with E-state index in [-0.39, 0.29) is 5.88 Å². The van der Waals surface area contributed by atoms with Gasteiger partial charge in [0.25, 0.3) is 5.22 Å². The molecule has 0 N–H and O–H groups in total. The number of aromatic nitrogens is 2. The lowest BCUT2D eigenvalue weighted by molar-refractivity contribution is -0.402. The summed E-state index contributed by atoms with van der Waals surface area (Å²) in [6.07, 6.45) is 1.58. The molecule has 0 unspecified atom stereocenters. The van der Waals surface area contributed by atoms with Crippen molar-refractivity contribution < 1.29 is 18.5 Å². The summed E-state index contributed by atoms with van der Waals surface area (Å²) < 4.78 is 15.6. The van der Waals surface area contributed by atoms with Gasteiger partial charge in [-0.2, -0.15) is 0 Å². The Balaban J connectivity index is 1.64. The van der Waals surface area contributed by atoms with Gasteiger partial charge in [0.2, 0.25) is 5.89 Å². The van der Waals surface area contributed by atoms with Gasteiger partial charge >= 0.3 is 5.88 Å². The third-order valence-electron chi connectivity index (χ3n) is 2.94. The lowest BCUT2D eigenvalue weighted by Gasteiger charge is -1.98.